The van der Waals surface area contributed by atoms with Crippen LogP contribution in [-0.2, 0) is 17.7 Å². The summed E-state index contributed by atoms with van der Waals surface area (Å²) in [5.41, 5.74) is 2.98. The zero-order valence-electron chi connectivity index (χ0n) is 17.2. The monoisotopic (exact) mass is 516 g/mol. The van der Waals surface area contributed by atoms with E-state index in [0.29, 0.717) is 38.1 Å². The average Bonchev–Trinajstić information content (AvgIpc) is 2.69. The molecule has 2 aromatic rings. The fourth-order valence-electron chi connectivity index (χ4n) is 2.66. The van der Waals surface area contributed by atoms with Crippen molar-refractivity contribution < 1.29 is 13.9 Å². The second-order valence-corrected chi connectivity index (χ2v) is 6.25. The van der Waals surface area contributed by atoms with Gasteiger partial charge in [0.25, 0.3) is 0 Å². The quantitative estimate of drug-likeness (QED) is 0.219. The molecule has 0 aliphatic carbocycles. The van der Waals surface area contributed by atoms with Crippen LogP contribution in [0, 0.1) is 12.7 Å². The van der Waals surface area contributed by atoms with Gasteiger partial charge >= 0.3 is 0 Å². The summed E-state index contributed by atoms with van der Waals surface area (Å²) in [4.78, 5) is 8.90. The van der Waals surface area contributed by atoms with Gasteiger partial charge < -0.3 is 20.1 Å². The molecule has 1 heterocycles. The van der Waals surface area contributed by atoms with Gasteiger partial charge in [0.2, 0.25) is 5.88 Å². The van der Waals surface area contributed by atoms with E-state index < -0.39 is 0 Å². The summed E-state index contributed by atoms with van der Waals surface area (Å²) in [6.07, 6.45) is 2.48. The molecule has 0 atom stereocenters. The molecule has 0 saturated carbocycles. The van der Waals surface area contributed by atoms with Gasteiger partial charge in [-0.2, -0.15) is 0 Å². The molecule has 8 heteroatoms. The molecule has 0 spiro atoms. The number of aryl methyl sites for hydroxylation is 1. The molecule has 1 aromatic heterocycles. The Hall–Kier alpha value is -1.94. The predicted molar refractivity (Wildman–Crippen MR) is 125 cm³/mol. The lowest BCUT2D eigenvalue weighted by Gasteiger charge is -2.13. The number of hydrogen-bond donors (Lipinski definition) is 2. The van der Waals surface area contributed by atoms with E-state index in [2.05, 4.69) is 20.6 Å². The van der Waals surface area contributed by atoms with Crippen LogP contribution in [0.15, 0.2) is 41.5 Å². The maximum absolute atomic E-state index is 13.2. The van der Waals surface area contributed by atoms with Crippen molar-refractivity contribution >= 4 is 29.9 Å². The summed E-state index contributed by atoms with van der Waals surface area (Å²) in [6, 6.07) is 8.70. The highest BCUT2D eigenvalue weighted by molar-refractivity contribution is 14.0. The number of pyridine rings is 1. The third-order valence-electron chi connectivity index (χ3n) is 4.12. The van der Waals surface area contributed by atoms with Gasteiger partial charge in [0.15, 0.2) is 5.96 Å². The lowest BCUT2D eigenvalue weighted by Crippen LogP contribution is -2.38. The Balaban J connectivity index is 0.00000420. The smallest absolute Gasteiger partial charge is 0.218 e. The first kappa shape index (κ1) is 25.1. The molecule has 29 heavy (non-hydrogen) atoms. The number of rotatable bonds is 10. The summed E-state index contributed by atoms with van der Waals surface area (Å²) in [6.45, 7) is 6.79. The van der Waals surface area contributed by atoms with Crippen molar-refractivity contribution in [3.63, 3.8) is 0 Å². The van der Waals surface area contributed by atoms with Crippen molar-refractivity contribution in [2.75, 3.05) is 33.4 Å². The number of nitrogens with zero attached hydrogens (tertiary/aromatic N) is 2. The number of aromatic nitrogens is 1. The minimum absolute atomic E-state index is 0. The highest BCUT2D eigenvalue weighted by atomic mass is 127. The van der Waals surface area contributed by atoms with Gasteiger partial charge in [0.05, 0.1) is 13.2 Å². The van der Waals surface area contributed by atoms with Crippen LogP contribution < -0.4 is 15.4 Å². The van der Waals surface area contributed by atoms with Crippen LogP contribution in [0.5, 0.6) is 5.88 Å². The van der Waals surface area contributed by atoms with Crippen molar-refractivity contribution in [2.45, 2.75) is 26.8 Å². The molecular weight excluding hydrogens is 486 g/mol. The van der Waals surface area contributed by atoms with Crippen molar-refractivity contribution in [2.24, 2.45) is 4.99 Å². The highest BCUT2D eigenvalue weighted by Crippen LogP contribution is 2.15. The SMILES string of the molecule is CCNC(=NCc1cccnc1OCCOC)NCCc1ccc(F)cc1C.I. The molecular formula is C21H30FIN4O2. The number of nitrogens with one attached hydrogen (secondary N) is 2. The van der Waals surface area contributed by atoms with Crippen LogP contribution in [0.25, 0.3) is 0 Å². The third-order valence-corrected chi connectivity index (χ3v) is 4.12. The summed E-state index contributed by atoms with van der Waals surface area (Å²) in [5.74, 6) is 1.08. The van der Waals surface area contributed by atoms with Crippen molar-refractivity contribution in [1.29, 1.82) is 0 Å². The molecule has 0 amide bonds. The van der Waals surface area contributed by atoms with E-state index in [1.807, 2.05) is 32.0 Å². The molecule has 0 radical (unpaired) electrons. The van der Waals surface area contributed by atoms with E-state index >= 15 is 0 Å². The average molecular weight is 516 g/mol. The van der Waals surface area contributed by atoms with Gasteiger partial charge in [-0.25, -0.2) is 14.4 Å². The molecule has 1 aromatic carbocycles. The van der Waals surface area contributed by atoms with Gasteiger partial charge in [0.1, 0.15) is 12.4 Å². The third kappa shape index (κ3) is 8.95. The molecule has 0 bridgehead atoms. The number of hydrogen-bond acceptors (Lipinski definition) is 4. The van der Waals surface area contributed by atoms with Crippen LogP contribution >= 0.6 is 24.0 Å². The number of aliphatic imine (C=N–C) groups is 1. The van der Waals surface area contributed by atoms with E-state index in [0.717, 1.165) is 29.7 Å². The zero-order chi connectivity index (χ0) is 20.2. The topological polar surface area (TPSA) is 67.8 Å². The number of benzene rings is 1. The van der Waals surface area contributed by atoms with Gasteiger partial charge in [-0.1, -0.05) is 12.1 Å². The van der Waals surface area contributed by atoms with E-state index in [4.69, 9.17) is 9.47 Å². The molecule has 160 valence electrons. The first-order valence-electron chi connectivity index (χ1n) is 9.47. The van der Waals surface area contributed by atoms with Crippen molar-refractivity contribution in [3.05, 3.63) is 59.0 Å². The van der Waals surface area contributed by atoms with Gasteiger partial charge in [0, 0.05) is 32.0 Å². The van der Waals surface area contributed by atoms with Gasteiger partial charge in [-0.3, -0.25) is 0 Å². The minimum atomic E-state index is -0.205. The molecule has 2 N–H and O–H groups in total. The Kier molecular flexibility index (Phi) is 12.2. The Morgan fingerprint density at radius 2 is 2.00 bits per heavy atom. The van der Waals surface area contributed by atoms with E-state index in [-0.39, 0.29) is 29.8 Å². The Labute approximate surface area is 189 Å². The maximum atomic E-state index is 13.2. The molecule has 0 unspecified atom stereocenters. The maximum Gasteiger partial charge on any atom is 0.218 e. The van der Waals surface area contributed by atoms with Crippen LogP contribution in [0.3, 0.4) is 0 Å². The molecule has 0 saturated heterocycles. The molecule has 0 aliphatic rings. The summed E-state index contributed by atoms with van der Waals surface area (Å²) in [5, 5.41) is 6.55. The largest absolute Gasteiger partial charge is 0.475 e. The summed E-state index contributed by atoms with van der Waals surface area (Å²) >= 11 is 0. The second-order valence-electron chi connectivity index (χ2n) is 6.25. The lowest BCUT2D eigenvalue weighted by molar-refractivity contribution is 0.143. The fourth-order valence-corrected chi connectivity index (χ4v) is 2.66. The van der Waals surface area contributed by atoms with Crippen molar-refractivity contribution in [1.82, 2.24) is 15.6 Å². The van der Waals surface area contributed by atoms with Crippen LogP contribution in [-0.4, -0.2) is 44.4 Å². The number of ether oxygens (including phenoxy) is 2. The summed E-state index contributed by atoms with van der Waals surface area (Å²) in [7, 11) is 1.63. The fraction of sp³-hybridized carbons (Fsp3) is 0.429. The first-order chi connectivity index (χ1) is 13.6. The number of guanidine groups is 1. The highest BCUT2D eigenvalue weighted by Gasteiger charge is 2.06. The van der Waals surface area contributed by atoms with E-state index in [1.165, 1.54) is 6.07 Å². The van der Waals surface area contributed by atoms with Gasteiger partial charge in [-0.05, 0) is 49.6 Å². The number of methoxy groups -OCH3 is 1. The minimum Gasteiger partial charge on any atom is -0.475 e. The Bertz CT molecular complexity index is 774. The first-order valence-corrected chi connectivity index (χ1v) is 9.47. The van der Waals surface area contributed by atoms with Crippen LogP contribution in [0.2, 0.25) is 0 Å². The molecule has 6 nitrogen and oxygen atoms in total. The molecule has 0 fully saturated rings. The standard InChI is InChI=1S/C21H29FN4O2.HI/c1-4-23-21(25-11-9-17-7-8-19(22)14-16(17)2)26-15-18-6-5-10-24-20(18)28-13-12-27-3;/h5-8,10,14H,4,9,11-13,15H2,1-3H3,(H2,23,25,26);1H. The lowest BCUT2D eigenvalue weighted by atomic mass is 10.1. The van der Waals surface area contributed by atoms with Crippen LogP contribution in [0.4, 0.5) is 4.39 Å². The van der Waals surface area contributed by atoms with Crippen LogP contribution in [0.1, 0.15) is 23.6 Å². The van der Waals surface area contributed by atoms with E-state index in [1.54, 1.807) is 19.4 Å². The molecule has 2 rings (SSSR count). The number of halogens is 2. The second kappa shape index (κ2) is 14.1. The van der Waals surface area contributed by atoms with E-state index in [9.17, 15) is 4.39 Å². The van der Waals surface area contributed by atoms with Gasteiger partial charge in [-0.15, -0.1) is 24.0 Å². The molecule has 0 aliphatic heterocycles. The summed E-state index contributed by atoms with van der Waals surface area (Å²) < 4.78 is 23.9. The normalized spacial score (nSPS) is 11.0. The predicted octanol–water partition coefficient (Wildman–Crippen LogP) is 3.47. The Morgan fingerprint density at radius 1 is 1.17 bits per heavy atom. The zero-order valence-corrected chi connectivity index (χ0v) is 19.5. The Morgan fingerprint density at radius 3 is 2.72 bits per heavy atom. The van der Waals surface area contributed by atoms with Crippen molar-refractivity contribution in [3.8, 4) is 5.88 Å².